The SMILES string of the molecule is C=CC(=O)N1CCN(c2nc(=O)n(-c3c(C(C)C)ncnc3N(C)C)c3nc(Cl)c(Cl)cc23)C(C)C1. The van der Waals surface area contributed by atoms with Crippen LogP contribution < -0.4 is 15.5 Å². The van der Waals surface area contributed by atoms with Crippen molar-refractivity contribution >= 4 is 51.8 Å². The summed E-state index contributed by atoms with van der Waals surface area (Å²) in [4.78, 5) is 49.3. The molecule has 1 unspecified atom stereocenters. The topological polar surface area (TPSA) is 100 Å². The highest BCUT2D eigenvalue weighted by Crippen LogP contribution is 2.34. The molecule has 1 saturated heterocycles. The molecule has 0 saturated carbocycles. The van der Waals surface area contributed by atoms with Gasteiger partial charge in [0.05, 0.1) is 16.1 Å². The molecule has 3 aromatic heterocycles. The third kappa shape index (κ3) is 4.51. The molecule has 10 nitrogen and oxygen atoms in total. The smallest absolute Gasteiger partial charge is 0.356 e. The maximum Gasteiger partial charge on any atom is 0.356 e. The molecule has 0 N–H and O–H groups in total. The molecule has 1 aliphatic rings. The highest BCUT2D eigenvalue weighted by atomic mass is 35.5. The van der Waals surface area contributed by atoms with Crippen LogP contribution in [0.1, 0.15) is 32.4 Å². The van der Waals surface area contributed by atoms with Gasteiger partial charge in [0.2, 0.25) is 5.91 Å². The van der Waals surface area contributed by atoms with Crippen LogP contribution >= 0.6 is 23.2 Å². The van der Waals surface area contributed by atoms with Gasteiger partial charge in [-0.2, -0.15) is 4.98 Å². The van der Waals surface area contributed by atoms with E-state index >= 15 is 0 Å². The number of anilines is 2. The predicted octanol–water partition coefficient (Wildman–Crippen LogP) is 3.29. The van der Waals surface area contributed by atoms with Gasteiger partial charge in [0.15, 0.2) is 11.5 Å². The molecule has 1 fully saturated rings. The van der Waals surface area contributed by atoms with Crippen LogP contribution in [0.5, 0.6) is 0 Å². The summed E-state index contributed by atoms with van der Waals surface area (Å²) in [6.07, 6.45) is 2.78. The molecule has 0 spiro atoms. The summed E-state index contributed by atoms with van der Waals surface area (Å²) < 4.78 is 1.41. The fourth-order valence-corrected chi connectivity index (χ4v) is 4.74. The maximum atomic E-state index is 13.7. The zero-order valence-corrected chi connectivity index (χ0v) is 22.4. The number of aromatic nitrogens is 5. The molecule has 4 heterocycles. The Hall–Kier alpha value is -3.24. The molecule has 1 atom stereocenters. The van der Waals surface area contributed by atoms with Crippen LogP contribution in [0.2, 0.25) is 10.2 Å². The molecule has 12 heteroatoms. The van der Waals surface area contributed by atoms with Crippen LogP contribution in [0.25, 0.3) is 16.7 Å². The van der Waals surface area contributed by atoms with Gasteiger partial charge in [0.25, 0.3) is 0 Å². The Balaban J connectivity index is 2.00. The van der Waals surface area contributed by atoms with Gasteiger partial charge in [0, 0.05) is 39.8 Å². The number of amides is 1. The number of pyridine rings is 1. The van der Waals surface area contributed by atoms with Crippen LogP contribution in [0.15, 0.2) is 29.8 Å². The van der Waals surface area contributed by atoms with Crippen molar-refractivity contribution in [3.05, 3.63) is 51.4 Å². The van der Waals surface area contributed by atoms with Crippen LogP contribution in [-0.2, 0) is 4.79 Å². The lowest BCUT2D eigenvalue weighted by Gasteiger charge is -2.40. The summed E-state index contributed by atoms with van der Waals surface area (Å²) in [5, 5.41) is 0.868. The molecular weight excluding hydrogens is 503 g/mol. The summed E-state index contributed by atoms with van der Waals surface area (Å²) in [7, 11) is 3.68. The molecule has 3 aromatic rings. The molecule has 0 bridgehead atoms. The van der Waals surface area contributed by atoms with E-state index in [0.717, 1.165) is 0 Å². The van der Waals surface area contributed by atoms with E-state index in [1.165, 1.54) is 17.0 Å². The van der Waals surface area contributed by atoms with Gasteiger partial charge in [-0.25, -0.2) is 24.3 Å². The largest absolute Gasteiger partial charge is 0.361 e. The van der Waals surface area contributed by atoms with Crippen molar-refractivity contribution in [1.29, 1.82) is 0 Å². The molecule has 36 heavy (non-hydrogen) atoms. The monoisotopic (exact) mass is 530 g/mol. The van der Waals surface area contributed by atoms with Crippen molar-refractivity contribution < 1.29 is 4.79 Å². The molecule has 1 aliphatic heterocycles. The second kappa shape index (κ2) is 10.0. The lowest BCUT2D eigenvalue weighted by molar-refractivity contribution is -0.126. The highest BCUT2D eigenvalue weighted by molar-refractivity contribution is 6.41. The fourth-order valence-electron chi connectivity index (χ4n) is 4.45. The number of carbonyl (C=O) groups excluding carboxylic acids is 1. The van der Waals surface area contributed by atoms with Gasteiger partial charge in [0.1, 0.15) is 23.0 Å². The number of piperazine rings is 1. The van der Waals surface area contributed by atoms with E-state index in [1.807, 2.05) is 44.7 Å². The Kier molecular flexibility index (Phi) is 7.19. The van der Waals surface area contributed by atoms with Crippen molar-refractivity contribution in [3.8, 4) is 5.69 Å². The third-order valence-electron chi connectivity index (χ3n) is 6.17. The number of carbonyl (C=O) groups is 1. The lowest BCUT2D eigenvalue weighted by atomic mass is 10.1. The van der Waals surface area contributed by atoms with E-state index < -0.39 is 5.69 Å². The van der Waals surface area contributed by atoms with Crippen LogP contribution in [-0.4, -0.2) is 75.1 Å². The Morgan fingerprint density at radius 2 is 1.94 bits per heavy atom. The first kappa shape index (κ1) is 25.8. The number of hydrogen-bond donors (Lipinski definition) is 0. The van der Waals surface area contributed by atoms with Crippen molar-refractivity contribution in [2.24, 2.45) is 0 Å². The number of nitrogens with zero attached hydrogens (tertiary/aromatic N) is 8. The van der Waals surface area contributed by atoms with E-state index in [0.29, 0.717) is 53.7 Å². The van der Waals surface area contributed by atoms with Gasteiger partial charge in [-0.3, -0.25) is 4.79 Å². The fraction of sp³-hybridized carbons (Fsp3) is 0.417. The van der Waals surface area contributed by atoms with Crippen LogP contribution in [0.3, 0.4) is 0 Å². The van der Waals surface area contributed by atoms with Crippen molar-refractivity contribution in [2.75, 3.05) is 43.5 Å². The van der Waals surface area contributed by atoms with E-state index in [1.54, 1.807) is 11.0 Å². The van der Waals surface area contributed by atoms with Gasteiger partial charge in [-0.1, -0.05) is 43.6 Å². The molecule has 4 rings (SSSR count). The molecule has 0 aliphatic carbocycles. The van der Waals surface area contributed by atoms with E-state index in [-0.39, 0.29) is 28.0 Å². The Morgan fingerprint density at radius 3 is 2.56 bits per heavy atom. The standard InChI is InChI=1S/C24H28Cl2N8O2/c1-7-17(35)32-8-9-33(14(4)11-32)21-15-10-16(25)20(26)29-22(15)34(24(36)30-21)19-18(13(2)3)27-12-28-23(19)31(5)6/h7,10,12-14H,1,8-9,11H2,2-6H3. The molecule has 1 amide bonds. The van der Waals surface area contributed by atoms with E-state index in [2.05, 4.69) is 26.5 Å². The quantitative estimate of drug-likeness (QED) is 0.365. The second-order valence-electron chi connectivity index (χ2n) is 9.20. The minimum atomic E-state index is -0.542. The average Bonchev–Trinajstić information content (AvgIpc) is 2.83. The normalized spacial score (nSPS) is 16.1. The van der Waals surface area contributed by atoms with E-state index in [9.17, 15) is 9.59 Å². The number of fused-ring (bicyclic) bond motifs is 1. The predicted molar refractivity (Wildman–Crippen MR) is 143 cm³/mol. The Morgan fingerprint density at radius 1 is 1.22 bits per heavy atom. The van der Waals surface area contributed by atoms with Crippen molar-refractivity contribution in [2.45, 2.75) is 32.7 Å². The summed E-state index contributed by atoms with van der Waals surface area (Å²) >= 11 is 12.7. The molecule has 190 valence electrons. The average molecular weight is 531 g/mol. The van der Waals surface area contributed by atoms with Gasteiger partial charge < -0.3 is 14.7 Å². The van der Waals surface area contributed by atoms with Gasteiger partial charge in [-0.15, -0.1) is 0 Å². The molecular formula is C24H28Cl2N8O2. The third-order valence-corrected chi connectivity index (χ3v) is 6.84. The first-order chi connectivity index (χ1) is 17.0. The summed E-state index contributed by atoms with van der Waals surface area (Å²) in [5.74, 6) is 0.837. The first-order valence-corrected chi connectivity index (χ1v) is 12.3. The van der Waals surface area contributed by atoms with Crippen LogP contribution in [0.4, 0.5) is 11.6 Å². The van der Waals surface area contributed by atoms with Gasteiger partial charge >= 0.3 is 5.69 Å². The summed E-state index contributed by atoms with van der Waals surface area (Å²) in [5.41, 5.74) is 0.923. The second-order valence-corrected chi connectivity index (χ2v) is 9.96. The zero-order valence-electron chi connectivity index (χ0n) is 20.9. The lowest BCUT2D eigenvalue weighted by Crippen LogP contribution is -2.54. The highest BCUT2D eigenvalue weighted by Gasteiger charge is 2.30. The van der Waals surface area contributed by atoms with Crippen LogP contribution in [0, 0.1) is 0 Å². The minimum Gasteiger partial charge on any atom is -0.361 e. The Labute approximate surface area is 219 Å². The molecule has 0 aromatic carbocycles. The summed E-state index contributed by atoms with van der Waals surface area (Å²) in [6, 6.07) is 1.55. The van der Waals surface area contributed by atoms with Crippen molar-refractivity contribution in [3.63, 3.8) is 0 Å². The van der Waals surface area contributed by atoms with Gasteiger partial charge in [-0.05, 0) is 25.0 Å². The summed E-state index contributed by atoms with van der Waals surface area (Å²) in [6.45, 7) is 10.9. The minimum absolute atomic E-state index is 0.0124. The number of hydrogen-bond acceptors (Lipinski definition) is 8. The Bertz CT molecular complexity index is 1380. The zero-order chi connectivity index (χ0) is 26.3. The van der Waals surface area contributed by atoms with Crippen molar-refractivity contribution in [1.82, 2.24) is 29.4 Å². The number of halogens is 2. The first-order valence-electron chi connectivity index (χ1n) is 11.5. The molecule has 0 radical (unpaired) electrons. The van der Waals surface area contributed by atoms with E-state index in [4.69, 9.17) is 23.2 Å². The maximum absolute atomic E-state index is 13.7. The number of rotatable bonds is 5.